The van der Waals surface area contributed by atoms with Crippen LogP contribution >= 0.6 is 11.6 Å². The zero-order valence-electron chi connectivity index (χ0n) is 14.7. The number of aromatic nitrogens is 2. The minimum absolute atomic E-state index is 0.184. The second-order valence-corrected chi connectivity index (χ2v) is 8.21. The van der Waals surface area contributed by atoms with Gasteiger partial charge < -0.3 is 0 Å². The number of nitrogens with zero attached hydrogens (tertiary/aromatic N) is 2. The second-order valence-electron chi connectivity index (χ2n) is 6.09. The molecule has 5 nitrogen and oxygen atoms in total. The van der Waals surface area contributed by atoms with Crippen LogP contribution in [-0.4, -0.2) is 18.2 Å². The van der Waals surface area contributed by atoms with Crippen molar-refractivity contribution in [3.63, 3.8) is 0 Å². The topological polar surface area (TPSA) is 64.0 Å². The van der Waals surface area contributed by atoms with Crippen molar-refractivity contribution in [2.24, 2.45) is 0 Å². The molecule has 0 bridgehead atoms. The lowest BCUT2D eigenvalue weighted by Crippen LogP contribution is -2.15. The Morgan fingerprint density at radius 1 is 0.821 bits per heavy atom. The van der Waals surface area contributed by atoms with E-state index in [9.17, 15) is 8.42 Å². The average Bonchev–Trinajstić information content (AvgIpc) is 3.13. The highest BCUT2D eigenvalue weighted by Gasteiger charge is 2.19. The molecule has 1 N–H and O–H groups in total. The molecule has 0 spiro atoms. The van der Waals surface area contributed by atoms with Gasteiger partial charge in [-0.15, -0.1) is 0 Å². The summed E-state index contributed by atoms with van der Waals surface area (Å²) in [7, 11) is -3.75. The van der Waals surface area contributed by atoms with E-state index in [1.165, 1.54) is 0 Å². The van der Waals surface area contributed by atoms with Crippen LogP contribution in [0, 0.1) is 0 Å². The monoisotopic (exact) mass is 409 g/mol. The van der Waals surface area contributed by atoms with E-state index in [0.29, 0.717) is 16.5 Å². The Morgan fingerprint density at radius 3 is 2.07 bits per heavy atom. The molecule has 0 saturated carbocycles. The van der Waals surface area contributed by atoms with E-state index in [1.54, 1.807) is 53.2 Å². The molecule has 4 aromatic rings. The highest BCUT2D eigenvalue weighted by Crippen LogP contribution is 2.27. The number of sulfonamides is 1. The van der Waals surface area contributed by atoms with Gasteiger partial charge in [0.15, 0.2) is 0 Å². The number of anilines is 1. The number of hydrogen-bond donors (Lipinski definition) is 1. The molecule has 1 aromatic heterocycles. The molecule has 140 valence electrons. The van der Waals surface area contributed by atoms with Crippen molar-refractivity contribution < 1.29 is 8.42 Å². The fourth-order valence-electron chi connectivity index (χ4n) is 2.78. The quantitative estimate of drug-likeness (QED) is 0.504. The van der Waals surface area contributed by atoms with E-state index in [0.717, 1.165) is 11.3 Å². The van der Waals surface area contributed by atoms with Crippen LogP contribution in [0.5, 0.6) is 0 Å². The summed E-state index contributed by atoms with van der Waals surface area (Å²) < 4.78 is 29.8. The molecule has 0 unspecified atom stereocenters. The first kappa shape index (κ1) is 18.3. The summed E-state index contributed by atoms with van der Waals surface area (Å²) in [6.07, 6.45) is 0. The molecule has 7 heteroatoms. The summed E-state index contributed by atoms with van der Waals surface area (Å²) in [6, 6.07) is 26.5. The molecule has 0 atom stereocenters. The normalized spacial score (nSPS) is 11.3. The van der Waals surface area contributed by atoms with Crippen molar-refractivity contribution in [3.05, 3.63) is 96.0 Å². The number of nitrogens with one attached hydrogen (secondary N) is 1. The first-order valence-corrected chi connectivity index (χ1v) is 10.4. The van der Waals surface area contributed by atoms with Gasteiger partial charge in [0, 0.05) is 16.7 Å². The lowest BCUT2D eigenvalue weighted by Gasteiger charge is -2.10. The zero-order chi connectivity index (χ0) is 19.6. The van der Waals surface area contributed by atoms with E-state index < -0.39 is 10.0 Å². The number of benzene rings is 3. The Bertz CT molecular complexity index is 1190. The van der Waals surface area contributed by atoms with E-state index in [4.69, 9.17) is 11.6 Å². The fraction of sp³-hybridized carbons (Fsp3) is 0. The number of halogens is 1. The molecule has 4 rings (SSSR count). The van der Waals surface area contributed by atoms with Crippen molar-refractivity contribution in [2.45, 2.75) is 4.90 Å². The molecule has 0 radical (unpaired) electrons. The molecular formula is C21H16ClN3O2S. The van der Waals surface area contributed by atoms with Gasteiger partial charge in [0.2, 0.25) is 0 Å². The highest BCUT2D eigenvalue weighted by atomic mass is 35.5. The van der Waals surface area contributed by atoms with Crippen molar-refractivity contribution in [1.82, 2.24) is 9.78 Å². The van der Waals surface area contributed by atoms with Gasteiger partial charge in [-0.3, -0.25) is 4.72 Å². The van der Waals surface area contributed by atoms with Crippen LogP contribution in [0.3, 0.4) is 0 Å². The maximum Gasteiger partial charge on any atom is 0.263 e. The van der Waals surface area contributed by atoms with Gasteiger partial charge in [-0.05, 0) is 36.4 Å². The maximum atomic E-state index is 12.8. The summed E-state index contributed by atoms with van der Waals surface area (Å²) in [6.45, 7) is 0. The van der Waals surface area contributed by atoms with Gasteiger partial charge in [0.1, 0.15) is 5.82 Å². The van der Waals surface area contributed by atoms with Crippen molar-refractivity contribution in [2.75, 3.05) is 4.72 Å². The van der Waals surface area contributed by atoms with E-state index in [1.807, 2.05) is 42.5 Å². The van der Waals surface area contributed by atoms with Crippen molar-refractivity contribution >= 4 is 27.4 Å². The largest absolute Gasteiger partial charge is 0.263 e. The number of para-hydroxylation sites is 1. The third kappa shape index (κ3) is 3.78. The van der Waals surface area contributed by atoms with Crippen LogP contribution in [0.2, 0.25) is 5.02 Å². The molecule has 0 aliphatic carbocycles. The van der Waals surface area contributed by atoms with E-state index in [2.05, 4.69) is 9.82 Å². The number of hydrogen-bond acceptors (Lipinski definition) is 3. The van der Waals surface area contributed by atoms with Gasteiger partial charge in [-0.2, -0.15) is 5.10 Å². The van der Waals surface area contributed by atoms with Gasteiger partial charge in [0.25, 0.3) is 10.0 Å². The standard InChI is InChI=1S/C21H16ClN3O2S/c22-17-13-11-16(12-14-17)20-15-21(25(23-20)18-7-3-1-4-8-18)24-28(26,27)19-9-5-2-6-10-19/h1-15,24H. The van der Waals surface area contributed by atoms with Gasteiger partial charge in [0.05, 0.1) is 16.3 Å². The van der Waals surface area contributed by atoms with Crippen LogP contribution in [-0.2, 0) is 10.0 Å². The number of rotatable bonds is 5. The fourth-order valence-corrected chi connectivity index (χ4v) is 3.96. The van der Waals surface area contributed by atoms with Crippen molar-refractivity contribution in [3.8, 4) is 16.9 Å². The average molecular weight is 410 g/mol. The molecule has 0 aliphatic heterocycles. The Labute approximate surface area is 168 Å². The predicted molar refractivity (Wildman–Crippen MR) is 111 cm³/mol. The molecular weight excluding hydrogens is 394 g/mol. The first-order valence-electron chi connectivity index (χ1n) is 8.52. The third-order valence-corrected chi connectivity index (χ3v) is 5.77. The van der Waals surface area contributed by atoms with Gasteiger partial charge in [-0.1, -0.05) is 60.1 Å². The lowest BCUT2D eigenvalue weighted by molar-refractivity contribution is 0.600. The predicted octanol–water partition coefficient (Wildman–Crippen LogP) is 4.99. The summed E-state index contributed by atoms with van der Waals surface area (Å²) in [5.41, 5.74) is 2.21. The molecule has 1 heterocycles. The Hall–Kier alpha value is -3.09. The molecule has 0 aliphatic rings. The lowest BCUT2D eigenvalue weighted by atomic mass is 10.1. The second kappa shape index (κ2) is 7.50. The Kier molecular flexibility index (Phi) is 4.90. The molecule has 3 aromatic carbocycles. The highest BCUT2D eigenvalue weighted by molar-refractivity contribution is 7.92. The van der Waals surface area contributed by atoms with Crippen LogP contribution in [0.15, 0.2) is 95.9 Å². The SMILES string of the molecule is O=S(=O)(Nc1cc(-c2ccc(Cl)cc2)nn1-c1ccccc1)c1ccccc1. The Morgan fingerprint density at radius 2 is 1.43 bits per heavy atom. The maximum absolute atomic E-state index is 12.8. The van der Waals surface area contributed by atoms with Crippen LogP contribution in [0.25, 0.3) is 16.9 Å². The zero-order valence-corrected chi connectivity index (χ0v) is 16.2. The van der Waals surface area contributed by atoms with Gasteiger partial charge >= 0.3 is 0 Å². The molecule has 28 heavy (non-hydrogen) atoms. The van der Waals surface area contributed by atoms with E-state index >= 15 is 0 Å². The summed E-state index contributed by atoms with van der Waals surface area (Å²) >= 11 is 5.97. The van der Waals surface area contributed by atoms with E-state index in [-0.39, 0.29) is 4.90 Å². The Balaban J connectivity index is 1.80. The van der Waals surface area contributed by atoms with Crippen LogP contribution in [0.4, 0.5) is 5.82 Å². The van der Waals surface area contributed by atoms with Gasteiger partial charge in [-0.25, -0.2) is 13.1 Å². The van der Waals surface area contributed by atoms with Crippen molar-refractivity contribution in [1.29, 1.82) is 0 Å². The third-order valence-electron chi connectivity index (χ3n) is 4.14. The summed E-state index contributed by atoms with van der Waals surface area (Å²) in [5.74, 6) is 0.347. The molecule has 0 saturated heterocycles. The molecule has 0 amide bonds. The first-order chi connectivity index (χ1) is 13.5. The summed E-state index contributed by atoms with van der Waals surface area (Å²) in [4.78, 5) is 0.184. The minimum Gasteiger partial charge on any atom is -0.263 e. The smallest absolute Gasteiger partial charge is 0.263 e. The minimum atomic E-state index is -3.75. The molecule has 0 fully saturated rings. The van der Waals surface area contributed by atoms with Crippen LogP contribution < -0.4 is 4.72 Å². The summed E-state index contributed by atoms with van der Waals surface area (Å²) in [5, 5.41) is 5.23. The van der Waals surface area contributed by atoms with Crippen LogP contribution in [0.1, 0.15) is 0 Å².